The van der Waals surface area contributed by atoms with Gasteiger partial charge in [-0.2, -0.15) is 0 Å². The number of benzene rings is 2. The van der Waals surface area contributed by atoms with E-state index in [2.05, 4.69) is 10.6 Å². The second-order valence-corrected chi connectivity index (χ2v) is 5.96. The zero-order valence-corrected chi connectivity index (χ0v) is 15.0. The molecule has 0 heterocycles. The molecule has 2 aromatic rings. The first-order chi connectivity index (χ1) is 12.1. The summed E-state index contributed by atoms with van der Waals surface area (Å²) < 4.78 is 5.12. The van der Waals surface area contributed by atoms with E-state index in [9.17, 15) is 4.79 Å². The predicted octanol–water partition coefficient (Wildman–Crippen LogP) is 3.06. The van der Waals surface area contributed by atoms with E-state index in [1.165, 1.54) is 0 Å². The van der Waals surface area contributed by atoms with Crippen LogP contribution in [0.1, 0.15) is 11.1 Å². The number of aliphatic hydroxyl groups is 1. The summed E-state index contributed by atoms with van der Waals surface area (Å²) in [7, 11) is 0. The van der Waals surface area contributed by atoms with Crippen LogP contribution in [-0.4, -0.2) is 37.4 Å². The smallest absolute Gasteiger partial charge is 0.224 e. The Hall–Kier alpha value is -2.08. The Morgan fingerprint density at radius 1 is 1.12 bits per heavy atom. The molecule has 25 heavy (non-hydrogen) atoms. The average Bonchev–Trinajstić information content (AvgIpc) is 2.60. The van der Waals surface area contributed by atoms with E-state index < -0.39 is 0 Å². The summed E-state index contributed by atoms with van der Waals surface area (Å²) in [6, 6.07) is 13.4. The van der Waals surface area contributed by atoms with Gasteiger partial charge < -0.3 is 20.5 Å². The topological polar surface area (TPSA) is 70.6 Å². The van der Waals surface area contributed by atoms with Gasteiger partial charge in [-0.1, -0.05) is 35.9 Å². The Bertz CT molecular complexity index is 707. The van der Waals surface area contributed by atoms with E-state index in [1.54, 1.807) is 0 Å². The highest BCUT2D eigenvalue weighted by Gasteiger charge is 2.09. The van der Waals surface area contributed by atoms with Crippen molar-refractivity contribution in [3.63, 3.8) is 0 Å². The molecule has 0 aromatic heterocycles. The van der Waals surface area contributed by atoms with Crippen molar-refractivity contribution in [1.82, 2.24) is 5.32 Å². The summed E-state index contributed by atoms with van der Waals surface area (Å²) in [6.45, 7) is 3.01. The predicted molar refractivity (Wildman–Crippen MR) is 101 cm³/mol. The molecule has 0 unspecified atom stereocenters. The van der Waals surface area contributed by atoms with Crippen LogP contribution in [-0.2, 0) is 16.0 Å². The van der Waals surface area contributed by atoms with Crippen LogP contribution in [0.4, 0.5) is 11.4 Å². The molecule has 0 bridgehead atoms. The molecule has 0 spiro atoms. The van der Waals surface area contributed by atoms with Crippen LogP contribution >= 0.6 is 11.6 Å². The minimum absolute atomic E-state index is 0.0179. The Balaban J connectivity index is 1.98. The van der Waals surface area contributed by atoms with E-state index in [4.69, 9.17) is 21.4 Å². The van der Waals surface area contributed by atoms with Crippen molar-refractivity contribution < 1.29 is 14.6 Å². The van der Waals surface area contributed by atoms with Crippen molar-refractivity contribution in [3.05, 3.63) is 58.6 Å². The van der Waals surface area contributed by atoms with Gasteiger partial charge in [-0.25, -0.2) is 0 Å². The summed E-state index contributed by atoms with van der Waals surface area (Å²) in [6.07, 6.45) is 0.267. The Morgan fingerprint density at radius 2 is 1.88 bits per heavy atom. The van der Waals surface area contributed by atoms with Gasteiger partial charge in [0.05, 0.1) is 26.2 Å². The first-order valence-corrected chi connectivity index (χ1v) is 8.55. The minimum atomic E-state index is -0.0790. The maximum atomic E-state index is 12.1. The molecule has 5 nitrogen and oxygen atoms in total. The zero-order chi connectivity index (χ0) is 18.1. The number of rotatable bonds is 9. The number of ether oxygens (including phenoxy) is 1. The number of nitrogens with one attached hydrogen (secondary N) is 2. The Morgan fingerprint density at radius 3 is 2.68 bits per heavy atom. The summed E-state index contributed by atoms with van der Waals surface area (Å²) in [5.41, 5.74) is 3.65. The average molecular weight is 363 g/mol. The van der Waals surface area contributed by atoms with E-state index in [0.717, 1.165) is 22.5 Å². The van der Waals surface area contributed by atoms with Crippen LogP contribution in [0.5, 0.6) is 0 Å². The number of hydrogen-bond donors (Lipinski definition) is 3. The third-order valence-corrected chi connectivity index (χ3v) is 4.12. The highest BCUT2D eigenvalue weighted by Crippen LogP contribution is 2.27. The standard InChI is InChI=1S/C19H23ClN2O3/c1-14-16(20)6-4-8-17(14)22-18-7-3-2-5-15(18)13-19(24)21-9-11-25-12-10-23/h2-8,22-23H,9-13H2,1H3,(H,21,24). The lowest BCUT2D eigenvalue weighted by Gasteiger charge is -2.14. The van der Waals surface area contributed by atoms with Gasteiger partial charge in [-0.05, 0) is 36.2 Å². The number of hydrogen-bond acceptors (Lipinski definition) is 4. The summed E-state index contributed by atoms with van der Waals surface area (Å²) in [4.78, 5) is 12.1. The Labute approximate surface area is 153 Å². The van der Waals surface area contributed by atoms with E-state index in [0.29, 0.717) is 18.2 Å². The second kappa shape index (κ2) is 10.0. The first kappa shape index (κ1) is 19.2. The first-order valence-electron chi connectivity index (χ1n) is 8.17. The molecule has 1 amide bonds. The van der Waals surface area contributed by atoms with E-state index in [-0.39, 0.29) is 25.5 Å². The molecule has 0 fully saturated rings. The Kier molecular flexibility index (Phi) is 7.73. The fourth-order valence-corrected chi connectivity index (χ4v) is 2.52. The molecule has 0 aliphatic heterocycles. The van der Waals surface area contributed by atoms with Gasteiger partial charge >= 0.3 is 0 Å². The van der Waals surface area contributed by atoms with Crippen LogP contribution in [0.25, 0.3) is 0 Å². The van der Waals surface area contributed by atoms with Crippen LogP contribution in [0.2, 0.25) is 5.02 Å². The fraction of sp³-hybridized carbons (Fsp3) is 0.316. The second-order valence-electron chi connectivity index (χ2n) is 5.56. The van der Waals surface area contributed by atoms with Gasteiger partial charge in [0.1, 0.15) is 0 Å². The number of amides is 1. The molecule has 0 radical (unpaired) electrons. The number of carbonyl (C=O) groups excluding carboxylic acids is 1. The molecule has 0 saturated carbocycles. The van der Waals surface area contributed by atoms with Gasteiger partial charge in [0.2, 0.25) is 5.91 Å². The summed E-state index contributed by atoms with van der Waals surface area (Å²) in [5.74, 6) is -0.0790. The lowest BCUT2D eigenvalue weighted by atomic mass is 10.1. The molecule has 134 valence electrons. The van der Waals surface area contributed by atoms with Crippen molar-refractivity contribution in [3.8, 4) is 0 Å². The molecule has 2 aromatic carbocycles. The van der Waals surface area contributed by atoms with Gasteiger partial charge in [-0.15, -0.1) is 0 Å². The molecule has 3 N–H and O–H groups in total. The number of anilines is 2. The maximum Gasteiger partial charge on any atom is 0.224 e. The third-order valence-electron chi connectivity index (χ3n) is 3.71. The van der Waals surface area contributed by atoms with Crippen molar-refractivity contribution in [2.75, 3.05) is 31.7 Å². The number of halogens is 1. The number of aliphatic hydroxyl groups excluding tert-OH is 1. The SMILES string of the molecule is Cc1c(Cl)cccc1Nc1ccccc1CC(=O)NCCOCCO. The fourth-order valence-electron chi connectivity index (χ4n) is 2.35. The van der Waals surface area contributed by atoms with Crippen LogP contribution in [0.15, 0.2) is 42.5 Å². The van der Waals surface area contributed by atoms with Crippen molar-refractivity contribution >= 4 is 28.9 Å². The number of carbonyl (C=O) groups is 1. The largest absolute Gasteiger partial charge is 0.394 e. The van der Waals surface area contributed by atoms with Gasteiger partial charge in [0, 0.05) is 22.9 Å². The highest BCUT2D eigenvalue weighted by atomic mass is 35.5. The molecule has 0 aliphatic carbocycles. The minimum Gasteiger partial charge on any atom is -0.394 e. The quantitative estimate of drug-likeness (QED) is 0.599. The zero-order valence-electron chi connectivity index (χ0n) is 14.2. The van der Waals surface area contributed by atoms with E-state index >= 15 is 0 Å². The lowest BCUT2D eigenvalue weighted by molar-refractivity contribution is -0.120. The lowest BCUT2D eigenvalue weighted by Crippen LogP contribution is -2.29. The molecule has 6 heteroatoms. The molecule has 2 rings (SSSR count). The summed E-state index contributed by atoms with van der Waals surface area (Å²) >= 11 is 6.17. The van der Waals surface area contributed by atoms with Crippen LogP contribution < -0.4 is 10.6 Å². The molecule has 0 saturated heterocycles. The van der Waals surface area contributed by atoms with Crippen LogP contribution in [0.3, 0.4) is 0 Å². The molecule has 0 atom stereocenters. The maximum absolute atomic E-state index is 12.1. The van der Waals surface area contributed by atoms with Gasteiger partial charge in [-0.3, -0.25) is 4.79 Å². The van der Waals surface area contributed by atoms with Gasteiger partial charge in [0.15, 0.2) is 0 Å². The van der Waals surface area contributed by atoms with Crippen molar-refractivity contribution in [2.45, 2.75) is 13.3 Å². The number of para-hydroxylation sites is 1. The van der Waals surface area contributed by atoms with E-state index in [1.807, 2.05) is 49.4 Å². The normalized spacial score (nSPS) is 10.5. The monoisotopic (exact) mass is 362 g/mol. The van der Waals surface area contributed by atoms with Crippen molar-refractivity contribution in [1.29, 1.82) is 0 Å². The molecular weight excluding hydrogens is 340 g/mol. The van der Waals surface area contributed by atoms with Crippen LogP contribution in [0, 0.1) is 6.92 Å². The molecule has 0 aliphatic rings. The summed E-state index contributed by atoms with van der Waals surface area (Å²) in [5, 5.41) is 15.5. The van der Waals surface area contributed by atoms with Crippen molar-refractivity contribution in [2.24, 2.45) is 0 Å². The third kappa shape index (κ3) is 6.05. The molecular formula is C19H23ClN2O3. The van der Waals surface area contributed by atoms with Gasteiger partial charge in [0.25, 0.3) is 0 Å². The highest BCUT2D eigenvalue weighted by molar-refractivity contribution is 6.31.